The van der Waals surface area contributed by atoms with Crippen molar-refractivity contribution >= 4 is 11.9 Å². The number of aliphatic carboxylic acids is 1. The number of nitrogens with zero attached hydrogens (tertiary/aromatic N) is 3. The van der Waals surface area contributed by atoms with Gasteiger partial charge in [0, 0.05) is 13.1 Å². The molecule has 0 radical (unpaired) electrons. The maximum absolute atomic E-state index is 12.6. The van der Waals surface area contributed by atoms with Crippen LogP contribution < -0.4 is 0 Å². The number of amides is 1. The smallest absolute Gasteiger partial charge is 0.329 e. The summed E-state index contributed by atoms with van der Waals surface area (Å²) in [6.07, 6.45) is 0.738. The van der Waals surface area contributed by atoms with E-state index in [1.807, 2.05) is 13.8 Å². The van der Waals surface area contributed by atoms with Crippen molar-refractivity contribution < 1.29 is 14.7 Å². The first-order valence-corrected chi connectivity index (χ1v) is 6.91. The number of carbonyl (C=O) groups excluding carboxylic acids is 1. The minimum absolute atomic E-state index is 0.297. The Morgan fingerprint density at radius 2 is 1.95 bits per heavy atom. The van der Waals surface area contributed by atoms with Gasteiger partial charge < -0.3 is 10.0 Å². The fourth-order valence-corrected chi connectivity index (χ4v) is 2.10. The molecule has 1 amide bonds. The predicted octanol–water partition coefficient (Wildman–Crippen LogP) is 1.79. The SMILES string of the molecule is CCc1cc(C(=O)N(CC)C(C)(C)C(=O)O)n(CC)n1. The molecule has 0 aliphatic heterocycles. The third-order valence-electron chi connectivity index (χ3n) is 3.47. The van der Waals surface area contributed by atoms with Gasteiger partial charge in [-0.05, 0) is 40.2 Å². The number of aryl methyl sites for hydroxylation is 2. The second kappa shape index (κ2) is 6.07. The summed E-state index contributed by atoms with van der Waals surface area (Å²) in [5.74, 6) is -1.32. The van der Waals surface area contributed by atoms with Crippen LogP contribution in [-0.4, -0.2) is 43.7 Å². The second-order valence-corrected chi connectivity index (χ2v) is 5.10. The van der Waals surface area contributed by atoms with E-state index >= 15 is 0 Å². The van der Waals surface area contributed by atoms with Gasteiger partial charge in [0.1, 0.15) is 11.2 Å². The Morgan fingerprint density at radius 3 is 2.35 bits per heavy atom. The monoisotopic (exact) mass is 281 g/mol. The highest BCUT2D eigenvalue weighted by Crippen LogP contribution is 2.19. The number of hydrogen-bond donors (Lipinski definition) is 1. The Bertz CT molecular complexity index is 506. The third-order valence-corrected chi connectivity index (χ3v) is 3.47. The Hall–Kier alpha value is -1.85. The molecule has 0 aliphatic carbocycles. The summed E-state index contributed by atoms with van der Waals surface area (Å²) in [5, 5.41) is 13.6. The molecule has 1 heterocycles. The topological polar surface area (TPSA) is 75.4 Å². The molecule has 1 rings (SSSR count). The minimum Gasteiger partial charge on any atom is -0.480 e. The number of carbonyl (C=O) groups is 2. The lowest BCUT2D eigenvalue weighted by Gasteiger charge is -2.34. The van der Waals surface area contributed by atoms with Gasteiger partial charge >= 0.3 is 5.97 Å². The zero-order valence-electron chi connectivity index (χ0n) is 12.8. The molecule has 1 aromatic rings. The Kier molecular flexibility index (Phi) is 4.92. The van der Waals surface area contributed by atoms with Gasteiger partial charge in [0.05, 0.1) is 5.69 Å². The van der Waals surface area contributed by atoms with E-state index in [9.17, 15) is 14.7 Å². The van der Waals surface area contributed by atoms with Crippen molar-refractivity contribution in [3.63, 3.8) is 0 Å². The number of likely N-dealkylation sites (N-methyl/N-ethyl adjacent to an activating group) is 1. The predicted molar refractivity (Wildman–Crippen MR) is 75.7 cm³/mol. The van der Waals surface area contributed by atoms with Crippen LogP contribution in [0, 0.1) is 0 Å². The van der Waals surface area contributed by atoms with Crippen LogP contribution in [0.4, 0.5) is 0 Å². The fraction of sp³-hybridized carbons (Fsp3) is 0.643. The molecular formula is C14H23N3O3. The van der Waals surface area contributed by atoms with Crippen molar-refractivity contribution in [3.8, 4) is 0 Å². The lowest BCUT2D eigenvalue weighted by Crippen LogP contribution is -2.53. The summed E-state index contributed by atoms with van der Waals surface area (Å²) in [6.45, 7) is 9.61. The van der Waals surface area contributed by atoms with Crippen LogP contribution in [0.25, 0.3) is 0 Å². The normalized spacial score (nSPS) is 11.4. The van der Waals surface area contributed by atoms with Crippen molar-refractivity contribution in [2.24, 2.45) is 0 Å². The van der Waals surface area contributed by atoms with E-state index in [1.54, 1.807) is 17.7 Å². The number of rotatable bonds is 6. The van der Waals surface area contributed by atoms with E-state index in [2.05, 4.69) is 5.10 Å². The molecule has 0 saturated carbocycles. The molecular weight excluding hydrogens is 258 g/mol. The van der Waals surface area contributed by atoms with E-state index in [0.29, 0.717) is 18.8 Å². The first-order chi connectivity index (χ1) is 9.29. The zero-order valence-corrected chi connectivity index (χ0v) is 12.8. The highest BCUT2D eigenvalue weighted by atomic mass is 16.4. The number of carboxylic acid groups (broad SMARTS) is 1. The molecule has 0 fully saturated rings. The van der Waals surface area contributed by atoms with Crippen molar-refractivity contribution in [2.45, 2.75) is 53.1 Å². The van der Waals surface area contributed by atoms with Crippen LogP contribution in [0.15, 0.2) is 6.07 Å². The maximum atomic E-state index is 12.6. The molecule has 1 aromatic heterocycles. The average molecular weight is 281 g/mol. The molecule has 0 aliphatic rings. The number of carboxylic acids is 1. The number of aromatic nitrogens is 2. The molecule has 112 valence electrons. The van der Waals surface area contributed by atoms with E-state index in [-0.39, 0.29) is 5.91 Å². The average Bonchev–Trinajstić information content (AvgIpc) is 2.82. The lowest BCUT2D eigenvalue weighted by molar-refractivity contribution is -0.147. The summed E-state index contributed by atoms with van der Waals surface area (Å²) in [6, 6.07) is 1.74. The summed E-state index contributed by atoms with van der Waals surface area (Å²) >= 11 is 0. The molecule has 6 heteroatoms. The second-order valence-electron chi connectivity index (χ2n) is 5.10. The van der Waals surface area contributed by atoms with Gasteiger partial charge in [-0.25, -0.2) is 4.79 Å². The van der Waals surface area contributed by atoms with Gasteiger partial charge in [0.2, 0.25) is 0 Å². The highest BCUT2D eigenvalue weighted by molar-refractivity contribution is 5.96. The lowest BCUT2D eigenvalue weighted by atomic mass is 10.0. The quantitative estimate of drug-likeness (QED) is 0.862. The van der Waals surface area contributed by atoms with Crippen molar-refractivity contribution in [1.82, 2.24) is 14.7 Å². The summed E-state index contributed by atoms with van der Waals surface area (Å²) in [5.41, 5.74) is 0.0287. The molecule has 0 atom stereocenters. The van der Waals surface area contributed by atoms with Crippen molar-refractivity contribution in [2.75, 3.05) is 6.54 Å². The van der Waals surface area contributed by atoms with Crippen LogP contribution in [-0.2, 0) is 17.8 Å². The maximum Gasteiger partial charge on any atom is 0.329 e. The van der Waals surface area contributed by atoms with Gasteiger partial charge in [-0.1, -0.05) is 6.92 Å². The summed E-state index contributed by atoms with van der Waals surface area (Å²) in [7, 11) is 0. The van der Waals surface area contributed by atoms with Crippen LogP contribution in [0.5, 0.6) is 0 Å². The van der Waals surface area contributed by atoms with Crippen molar-refractivity contribution in [3.05, 3.63) is 17.5 Å². The van der Waals surface area contributed by atoms with Crippen molar-refractivity contribution in [1.29, 1.82) is 0 Å². The molecule has 0 unspecified atom stereocenters. The first kappa shape index (κ1) is 16.2. The summed E-state index contributed by atoms with van der Waals surface area (Å²) in [4.78, 5) is 25.4. The number of hydrogen-bond acceptors (Lipinski definition) is 3. The third kappa shape index (κ3) is 2.84. The largest absolute Gasteiger partial charge is 0.480 e. The summed E-state index contributed by atoms with van der Waals surface area (Å²) < 4.78 is 1.63. The molecule has 20 heavy (non-hydrogen) atoms. The van der Waals surface area contributed by atoms with Gasteiger partial charge in [0.15, 0.2) is 0 Å². The fourth-order valence-electron chi connectivity index (χ4n) is 2.10. The van der Waals surface area contributed by atoms with E-state index < -0.39 is 11.5 Å². The first-order valence-electron chi connectivity index (χ1n) is 6.91. The standard InChI is InChI=1S/C14H23N3O3/c1-6-10-9-11(17(8-3)15-10)12(18)16(7-2)14(4,5)13(19)20/h9H,6-8H2,1-5H3,(H,19,20). The van der Waals surface area contributed by atoms with Gasteiger partial charge in [0.25, 0.3) is 5.91 Å². The van der Waals surface area contributed by atoms with Crippen LogP contribution in [0.1, 0.15) is 50.8 Å². The van der Waals surface area contributed by atoms with Gasteiger partial charge in [-0.2, -0.15) is 5.10 Å². The van der Waals surface area contributed by atoms with Gasteiger partial charge in [-0.3, -0.25) is 9.48 Å². The minimum atomic E-state index is -1.25. The van der Waals surface area contributed by atoms with E-state index in [0.717, 1.165) is 12.1 Å². The van der Waals surface area contributed by atoms with Crippen LogP contribution in [0.3, 0.4) is 0 Å². The van der Waals surface area contributed by atoms with E-state index in [4.69, 9.17) is 0 Å². The molecule has 0 spiro atoms. The highest BCUT2D eigenvalue weighted by Gasteiger charge is 2.38. The Labute approximate surface area is 119 Å². The Balaban J connectivity index is 3.21. The molecule has 1 N–H and O–H groups in total. The van der Waals surface area contributed by atoms with E-state index in [1.165, 1.54) is 18.7 Å². The zero-order chi connectivity index (χ0) is 15.5. The van der Waals surface area contributed by atoms with Crippen LogP contribution >= 0.6 is 0 Å². The molecule has 0 saturated heterocycles. The molecule has 0 aromatic carbocycles. The van der Waals surface area contributed by atoms with Crippen LogP contribution in [0.2, 0.25) is 0 Å². The van der Waals surface area contributed by atoms with Gasteiger partial charge in [-0.15, -0.1) is 0 Å². The molecule has 6 nitrogen and oxygen atoms in total. The Morgan fingerprint density at radius 1 is 1.35 bits per heavy atom. The molecule has 0 bridgehead atoms.